The second kappa shape index (κ2) is 3.60. The molecule has 1 rings (SSSR count). The first-order valence-corrected chi connectivity index (χ1v) is 3.52. The van der Waals surface area contributed by atoms with Crippen LogP contribution in [0.4, 0.5) is 18.9 Å². The van der Waals surface area contributed by atoms with E-state index in [-0.39, 0.29) is 5.56 Å². The van der Waals surface area contributed by atoms with Crippen LogP contribution in [-0.4, -0.2) is 9.91 Å². The minimum Gasteiger partial charge on any atom is -0.258 e. The fraction of sp³-hybridized carbons (Fsp3) is 0.286. The maximum atomic E-state index is 12.8. The molecule has 0 aromatic carbocycles. The van der Waals surface area contributed by atoms with Gasteiger partial charge in [0.15, 0.2) is 0 Å². The van der Waals surface area contributed by atoms with Crippen LogP contribution in [0.2, 0.25) is 0 Å². The highest BCUT2D eigenvalue weighted by Gasteiger charge is 2.29. The predicted molar refractivity (Wildman–Crippen MR) is 40.5 cm³/mol. The molecule has 14 heavy (non-hydrogen) atoms. The van der Waals surface area contributed by atoms with E-state index >= 15 is 0 Å². The maximum Gasteiger partial charge on any atom is 0.333 e. The molecule has 0 unspecified atom stereocenters. The van der Waals surface area contributed by atoms with Gasteiger partial charge in [-0.2, -0.15) is 4.39 Å². The highest BCUT2D eigenvalue weighted by molar-refractivity contribution is 5.43. The van der Waals surface area contributed by atoms with Crippen LogP contribution in [0.3, 0.4) is 0 Å². The minimum atomic E-state index is -3.09. The van der Waals surface area contributed by atoms with Crippen molar-refractivity contribution in [3.63, 3.8) is 0 Å². The number of aryl methyl sites for hydroxylation is 1. The van der Waals surface area contributed by atoms with Crippen LogP contribution >= 0.6 is 0 Å². The topological polar surface area (TPSA) is 56.0 Å². The summed E-state index contributed by atoms with van der Waals surface area (Å²) in [5, 5.41) is 10.3. The first kappa shape index (κ1) is 10.4. The van der Waals surface area contributed by atoms with Crippen LogP contribution in [0.1, 0.15) is 17.6 Å². The minimum absolute atomic E-state index is 0.104. The third kappa shape index (κ3) is 1.66. The largest absolute Gasteiger partial charge is 0.333 e. The van der Waals surface area contributed by atoms with E-state index in [0.29, 0.717) is 0 Å². The third-order valence-electron chi connectivity index (χ3n) is 1.65. The van der Waals surface area contributed by atoms with Gasteiger partial charge in [-0.05, 0) is 12.5 Å². The van der Waals surface area contributed by atoms with Crippen LogP contribution in [0.15, 0.2) is 6.20 Å². The Morgan fingerprint density at radius 2 is 2.14 bits per heavy atom. The van der Waals surface area contributed by atoms with Crippen molar-refractivity contribution in [1.29, 1.82) is 0 Å². The summed E-state index contributed by atoms with van der Waals surface area (Å²) in [5.74, 6) is -1.49. The molecule has 0 radical (unpaired) electrons. The molecule has 0 bridgehead atoms. The van der Waals surface area contributed by atoms with Crippen molar-refractivity contribution in [2.45, 2.75) is 13.3 Å². The molecule has 0 fully saturated rings. The first-order chi connectivity index (χ1) is 6.45. The van der Waals surface area contributed by atoms with E-state index in [1.54, 1.807) is 0 Å². The molecule has 1 aromatic rings. The summed E-state index contributed by atoms with van der Waals surface area (Å²) in [6, 6.07) is 0. The number of hydrogen-bond acceptors (Lipinski definition) is 3. The Morgan fingerprint density at radius 1 is 1.57 bits per heavy atom. The summed E-state index contributed by atoms with van der Waals surface area (Å²) in [6.07, 6.45) is -2.25. The molecule has 0 atom stereocenters. The molecule has 7 heteroatoms. The second-order valence-corrected chi connectivity index (χ2v) is 2.55. The summed E-state index contributed by atoms with van der Waals surface area (Å²) < 4.78 is 37.4. The van der Waals surface area contributed by atoms with Gasteiger partial charge in [0.05, 0.1) is 4.92 Å². The fourth-order valence-corrected chi connectivity index (χ4v) is 1.03. The van der Waals surface area contributed by atoms with Gasteiger partial charge in [-0.25, -0.2) is 13.8 Å². The summed E-state index contributed by atoms with van der Waals surface area (Å²) in [6.45, 7) is 1.21. The van der Waals surface area contributed by atoms with Gasteiger partial charge >= 0.3 is 5.69 Å². The van der Waals surface area contributed by atoms with Crippen molar-refractivity contribution in [2.75, 3.05) is 0 Å². The van der Waals surface area contributed by atoms with Gasteiger partial charge in [0, 0.05) is 6.20 Å². The lowest BCUT2D eigenvalue weighted by atomic mass is 10.1. The Kier molecular flexibility index (Phi) is 2.68. The zero-order chi connectivity index (χ0) is 10.9. The lowest BCUT2D eigenvalue weighted by molar-refractivity contribution is -0.389. The number of nitro groups is 1. The molecule has 0 aliphatic rings. The number of rotatable bonds is 2. The summed E-state index contributed by atoms with van der Waals surface area (Å²) in [5.41, 5.74) is -2.27. The van der Waals surface area contributed by atoms with Crippen molar-refractivity contribution in [3.8, 4) is 0 Å². The zero-order valence-electron chi connectivity index (χ0n) is 7.00. The molecule has 0 N–H and O–H groups in total. The van der Waals surface area contributed by atoms with E-state index in [1.807, 2.05) is 0 Å². The van der Waals surface area contributed by atoms with E-state index in [9.17, 15) is 23.3 Å². The molecule has 0 amide bonds. The molecule has 0 spiro atoms. The van der Waals surface area contributed by atoms with E-state index in [2.05, 4.69) is 4.98 Å². The predicted octanol–water partition coefficient (Wildman–Crippen LogP) is 2.37. The normalized spacial score (nSPS) is 10.6. The number of aromatic nitrogens is 1. The Labute approximate surface area is 76.5 Å². The van der Waals surface area contributed by atoms with Gasteiger partial charge in [0.1, 0.15) is 5.56 Å². The zero-order valence-corrected chi connectivity index (χ0v) is 7.00. The second-order valence-electron chi connectivity index (χ2n) is 2.55. The summed E-state index contributed by atoms with van der Waals surface area (Å²) in [7, 11) is 0. The van der Waals surface area contributed by atoms with Gasteiger partial charge in [0.2, 0.25) is 0 Å². The lowest BCUT2D eigenvalue weighted by Gasteiger charge is -2.04. The highest BCUT2D eigenvalue weighted by atomic mass is 19.3. The molecule has 0 saturated heterocycles. The Balaban J connectivity index is 3.50. The quantitative estimate of drug-likeness (QED) is 0.424. The Hall–Kier alpha value is -1.66. The van der Waals surface area contributed by atoms with Crippen LogP contribution < -0.4 is 0 Å². The Bertz CT molecular complexity index is 381. The van der Waals surface area contributed by atoms with Gasteiger partial charge in [-0.3, -0.25) is 10.1 Å². The van der Waals surface area contributed by atoms with Gasteiger partial charge < -0.3 is 0 Å². The SMILES string of the molecule is Cc1cnc(F)c([N+](=O)[O-])c1C(F)F. The molecule has 1 aromatic heterocycles. The average molecular weight is 206 g/mol. The molecular formula is C7H5F3N2O2. The molecule has 0 saturated carbocycles. The van der Waals surface area contributed by atoms with Crippen LogP contribution in [0.25, 0.3) is 0 Å². The average Bonchev–Trinajstić information content (AvgIpc) is 2.07. The van der Waals surface area contributed by atoms with Gasteiger partial charge in [-0.15, -0.1) is 0 Å². The maximum absolute atomic E-state index is 12.8. The van der Waals surface area contributed by atoms with Crippen LogP contribution in [0.5, 0.6) is 0 Å². The molecule has 4 nitrogen and oxygen atoms in total. The van der Waals surface area contributed by atoms with Crippen molar-refractivity contribution >= 4 is 5.69 Å². The fourth-order valence-electron chi connectivity index (χ4n) is 1.03. The number of pyridine rings is 1. The molecular weight excluding hydrogens is 201 g/mol. The summed E-state index contributed by atoms with van der Waals surface area (Å²) in [4.78, 5) is 12.1. The van der Waals surface area contributed by atoms with E-state index < -0.39 is 28.5 Å². The first-order valence-electron chi connectivity index (χ1n) is 3.52. The van der Waals surface area contributed by atoms with Gasteiger partial charge in [-0.1, -0.05) is 0 Å². The van der Waals surface area contributed by atoms with Crippen molar-refractivity contribution in [2.24, 2.45) is 0 Å². The number of halogens is 3. The molecule has 0 aliphatic heterocycles. The molecule has 0 aliphatic carbocycles. The Morgan fingerprint density at radius 3 is 2.50 bits per heavy atom. The van der Waals surface area contributed by atoms with Gasteiger partial charge in [0.25, 0.3) is 12.4 Å². The van der Waals surface area contributed by atoms with E-state index in [0.717, 1.165) is 6.20 Å². The third-order valence-corrected chi connectivity index (χ3v) is 1.65. The lowest BCUT2D eigenvalue weighted by Crippen LogP contribution is -2.03. The highest BCUT2D eigenvalue weighted by Crippen LogP contribution is 2.32. The van der Waals surface area contributed by atoms with E-state index in [4.69, 9.17) is 0 Å². The number of alkyl halides is 2. The van der Waals surface area contributed by atoms with E-state index in [1.165, 1.54) is 6.92 Å². The standard InChI is InChI=1S/C7H5F3N2O2/c1-3-2-11-7(10)5(12(13)14)4(3)6(8)9/h2,6H,1H3. The smallest absolute Gasteiger partial charge is 0.258 e. The van der Waals surface area contributed by atoms with Crippen molar-refractivity contribution in [1.82, 2.24) is 4.98 Å². The monoisotopic (exact) mass is 206 g/mol. The van der Waals surface area contributed by atoms with Crippen molar-refractivity contribution < 1.29 is 18.1 Å². The molecule has 76 valence electrons. The number of nitrogens with zero attached hydrogens (tertiary/aromatic N) is 2. The van der Waals surface area contributed by atoms with Crippen LogP contribution in [-0.2, 0) is 0 Å². The summed E-state index contributed by atoms with van der Waals surface area (Å²) >= 11 is 0. The van der Waals surface area contributed by atoms with Crippen LogP contribution in [0, 0.1) is 23.0 Å². The number of hydrogen-bond donors (Lipinski definition) is 0. The van der Waals surface area contributed by atoms with Crippen molar-refractivity contribution in [3.05, 3.63) is 33.4 Å². The molecule has 1 heterocycles.